The Balaban J connectivity index is 1.94. The Hall–Kier alpha value is -3.21. The fraction of sp³-hybridized carbons (Fsp3) is 0.0556. The standard InChI is InChI=1S/C18H14N4O/c1-11-5-2-3-6-12(11)18-21-15(9-16(23)22-18)14-10-20-17-13(14)7-4-8-19-17/h2-10H,1H3,(H,19,20)(H,21,22,23). The minimum Gasteiger partial charge on any atom is -0.345 e. The smallest absolute Gasteiger partial charge is 0.251 e. The molecule has 112 valence electrons. The van der Waals surface area contributed by atoms with Crippen LogP contribution in [0.2, 0.25) is 0 Å². The first-order valence-corrected chi connectivity index (χ1v) is 7.32. The van der Waals surface area contributed by atoms with Gasteiger partial charge >= 0.3 is 0 Å². The van der Waals surface area contributed by atoms with E-state index in [0.29, 0.717) is 11.5 Å². The highest BCUT2D eigenvalue weighted by atomic mass is 16.1. The van der Waals surface area contributed by atoms with Crippen LogP contribution >= 0.6 is 0 Å². The fourth-order valence-electron chi connectivity index (χ4n) is 2.73. The summed E-state index contributed by atoms with van der Waals surface area (Å²) in [6.07, 6.45) is 3.56. The summed E-state index contributed by atoms with van der Waals surface area (Å²) in [6, 6.07) is 13.2. The number of aromatic amines is 2. The average molecular weight is 302 g/mol. The third kappa shape index (κ3) is 2.32. The maximum absolute atomic E-state index is 12.1. The number of rotatable bonds is 2. The Bertz CT molecular complexity index is 1060. The number of aromatic nitrogens is 4. The molecule has 0 fully saturated rings. The Labute approximate surface area is 132 Å². The van der Waals surface area contributed by atoms with Crippen LogP contribution in [0.25, 0.3) is 33.7 Å². The quantitative estimate of drug-likeness (QED) is 0.596. The largest absolute Gasteiger partial charge is 0.345 e. The van der Waals surface area contributed by atoms with E-state index in [4.69, 9.17) is 0 Å². The van der Waals surface area contributed by atoms with Crippen molar-refractivity contribution in [3.8, 4) is 22.6 Å². The predicted molar refractivity (Wildman–Crippen MR) is 90.1 cm³/mol. The molecular formula is C18H14N4O. The third-order valence-electron chi connectivity index (χ3n) is 3.87. The summed E-state index contributed by atoms with van der Waals surface area (Å²) >= 11 is 0. The zero-order chi connectivity index (χ0) is 15.8. The van der Waals surface area contributed by atoms with Gasteiger partial charge in [-0.1, -0.05) is 24.3 Å². The molecule has 0 aliphatic heterocycles. The zero-order valence-electron chi connectivity index (χ0n) is 12.5. The summed E-state index contributed by atoms with van der Waals surface area (Å²) in [7, 11) is 0. The number of hydrogen-bond acceptors (Lipinski definition) is 3. The number of H-pyrrole nitrogens is 2. The van der Waals surface area contributed by atoms with E-state index >= 15 is 0 Å². The molecule has 1 aromatic carbocycles. The van der Waals surface area contributed by atoms with Crippen molar-refractivity contribution in [3.05, 3.63) is 70.8 Å². The summed E-state index contributed by atoms with van der Waals surface area (Å²) in [6.45, 7) is 2.00. The van der Waals surface area contributed by atoms with E-state index in [-0.39, 0.29) is 5.56 Å². The number of nitrogens with zero attached hydrogens (tertiary/aromatic N) is 2. The van der Waals surface area contributed by atoms with Crippen molar-refractivity contribution in [2.75, 3.05) is 0 Å². The van der Waals surface area contributed by atoms with Gasteiger partial charge in [0.1, 0.15) is 11.5 Å². The van der Waals surface area contributed by atoms with Gasteiger partial charge in [0.05, 0.1) is 5.69 Å². The van der Waals surface area contributed by atoms with Crippen LogP contribution in [0.1, 0.15) is 5.56 Å². The number of aryl methyl sites for hydroxylation is 1. The topological polar surface area (TPSA) is 74.4 Å². The molecule has 23 heavy (non-hydrogen) atoms. The SMILES string of the molecule is Cc1ccccc1-c1nc(-c2c[nH]c3ncccc23)cc(=O)[nH]1. The lowest BCUT2D eigenvalue weighted by Gasteiger charge is -2.06. The molecule has 3 heterocycles. The second kappa shape index (κ2) is 5.21. The Morgan fingerprint density at radius 2 is 1.91 bits per heavy atom. The van der Waals surface area contributed by atoms with E-state index < -0.39 is 0 Å². The number of nitrogens with one attached hydrogen (secondary N) is 2. The molecule has 0 saturated carbocycles. The highest BCUT2D eigenvalue weighted by molar-refractivity contribution is 5.92. The van der Waals surface area contributed by atoms with E-state index in [9.17, 15) is 4.79 Å². The van der Waals surface area contributed by atoms with Crippen molar-refractivity contribution < 1.29 is 0 Å². The summed E-state index contributed by atoms with van der Waals surface area (Å²) < 4.78 is 0. The second-order valence-electron chi connectivity index (χ2n) is 5.40. The molecule has 0 unspecified atom stereocenters. The van der Waals surface area contributed by atoms with Gasteiger partial charge in [0, 0.05) is 35.0 Å². The second-order valence-corrected chi connectivity index (χ2v) is 5.40. The fourth-order valence-corrected chi connectivity index (χ4v) is 2.73. The maximum Gasteiger partial charge on any atom is 0.251 e. The van der Waals surface area contributed by atoms with Gasteiger partial charge in [-0.3, -0.25) is 4.79 Å². The van der Waals surface area contributed by atoms with Gasteiger partial charge in [0.25, 0.3) is 5.56 Å². The summed E-state index contributed by atoms with van der Waals surface area (Å²) in [4.78, 5) is 27.0. The molecule has 0 bridgehead atoms. The summed E-state index contributed by atoms with van der Waals surface area (Å²) in [5.41, 5.74) is 4.09. The molecule has 2 N–H and O–H groups in total. The molecule has 5 nitrogen and oxygen atoms in total. The van der Waals surface area contributed by atoms with E-state index in [2.05, 4.69) is 19.9 Å². The lowest BCUT2D eigenvalue weighted by molar-refractivity contribution is 1.13. The number of fused-ring (bicyclic) bond motifs is 1. The van der Waals surface area contributed by atoms with Crippen LogP contribution in [-0.4, -0.2) is 19.9 Å². The summed E-state index contributed by atoms with van der Waals surface area (Å²) in [5, 5.41) is 0.946. The van der Waals surface area contributed by atoms with E-state index in [1.54, 1.807) is 6.20 Å². The van der Waals surface area contributed by atoms with Crippen LogP contribution in [0.4, 0.5) is 0 Å². The molecule has 0 spiro atoms. The maximum atomic E-state index is 12.1. The monoisotopic (exact) mass is 302 g/mol. The molecule has 5 heteroatoms. The molecule has 0 aliphatic rings. The van der Waals surface area contributed by atoms with Crippen LogP contribution in [-0.2, 0) is 0 Å². The number of pyridine rings is 1. The van der Waals surface area contributed by atoms with Crippen molar-refractivity contribution in [1.29, 1.82) is 0 Å². The molecule has 3 aromatic heterocycles. The lowest BCUT2D eigenvalue weighted by atomic mass is 10.1. The first-order valence-electron chi connectivity index (χ1n) is 7.32. The van der Waals surface area contributed by atoms with Crippen LogP contribution < -0.4 is 5.56 Å². The van der Waals surface area contributed by atoms with Gasteiger partial charge in [-0.15, -0.1) is 0 Å². The van der Waals surface area contributed by atoms with Crippen molar-refractivity contribution in [1.82, 2.24) is 19.9 Å². The Kier molecular flexibility index (Phi) is 3.05. The van der Waals surface area contributed by atoms with Crippen LogP contribution in [0.3, 0.4) is 0 Å². The van der Waals surface area contributed by atoms with Crippen molar-refractivity contribution >= 4 is 11.0 Å². The minimum atomic E-state index is -0.175. The molecule has 0 aliphatic carbocycles. The predicted octanol–water partition coefficient (Wildman–Crippen LogP) is 3.29. The normalized spacial score (nSPS) is 11.0. The highest BCUT2D eigenvalue weighted by Crippen LogP contribution is 2.27. The average Bonchev–Trinajstić information content (AvgIpc) is 2.99. The molecule has 0 amide bonds. The van der Waals surface area contributed by atoms with Crippen molar-refractivity contribution in [2.24, 2.45) is 0 Å². The van der Waals surface area contributed by atoms with Crippen molar-refractivity contribution in [2.45, 2.75) is 6.92 Å². The zero-order valence-corrected chi connectivity index (χ0v) is 12.5. The Morgan fingerprint density at radius 1 is 1.04 bits per heavy atom. The van der Waals surface area contributed by atoms with E-state index in [0.717, 1.165) is 27.7 Å². The van der Waals surface area contributed by atoms with E-state index in [1.807, 2.05) is 49.5 Å². The lowest BCUT2D eigenvalue weighted by Crippen LogP contribution is -2.09. The Morgan fingerprint density at radius 3 is 2.78 bits per heavy atom. The number of hydrogen-bond donors (Lipinski definition) is 2. The molecule has 4 rings (SSSR count). The van der Waals surface area contributed by atoms with Crippen LogP contribution in [0, 0.1) is 6.92 Å². The van der Waals surface area contributed by atoms with Crippen LogP contribution in [0.15, 0.2) is 59.7 Å². The molecule has 0 atom stereocenters. The van der Waals surface area contributed by atoms with Gasteiger partial charge in [-0.05, 0) is 24.6 Å². The molecular weight excluding hydrogens is 288 g/mol. The summed E-state index contributed by atoms with van der Waals surface area (Å²) in [5.74, 6) is 0.573. The first-order chi connectivity index (χ1) is 11.2. The van der Waals surface area contributed by atoms with Gasteiger partial charge < -0.3 is 9.97 Å². The minimum absolute atomic E-state index is 0.175. The van der Waals surface area contributed by atoms with Crippen LogP contribution in [0.5, 0.6) is 0 Å². The van der Waals surface area contributed by atoms with Crippen molar-refractivity contribution in [3.63, 3.8) is 0 Å². The molecule has 0 saturated heterocycles. The number of benzene rings is 1. The third-order valence-corrected chi connectivity index (χ3v) is 3.87. The van der Waals surface area contributed by atoms with Gasteiger partial charge in [-0.25, -0.2) is 9.97 Å². The van der Waals surface area contributed by atoms with Gasteiger partial charge in [0.15, 0.2) is 0 Å². The highest BCUT2D eigenvalue weighted by Gasteiger charge is 2.11. The first kappa shape index (κ1) is 13.5. The van der Waals surface area contributed by atoms with Gasteiger partial charge in [0.2, 0.25) is 0 Å². The molecule has 4 aromatic rings. The molecule has 0 radical (unpaired) electrons. The van der Waals surface area contributed by atoms with Gasteiger partial charge in [-0.2, -0.15) is 0 Å². The van der Waals surface area contributed by atoms with E-state index in [1.165, 1.54) is 6.07 Å².